The molecule has 0 aromatic carbocycles. The van der Waals surface area contributed by atoms with Crippen molar-refractivity contribution in [1.82, 2.24) is 10.3 Å². The van der Waals surface area contributed by atoms with Gasteiger partial charge >= 0.3 is 0 Å². The lowest BCUT2D eigenvalue weighted by Crippen LogP contribution is -2.04. The summed E-state index contributed by atoms with van der Waals surface area (Å²) < 4.78 is 0. The molecule has 0 unspecified atom stereocenters. The molecular formula is C6H14Cl2N2OS. The van der Waals surface area contributed by atoms with Crippen LogP contribution in [-0.4, -0.2) is 17.5 Å². The van der Waals surface area contributed by atoms with Crippen molar-refractivity contribution in [2.75, 3.05) is 7.05 Å². The van der Waals surface area contributed by atoms with Gasteiger partial charge in [0.25, 0.3) is 0 Å². The van der Waals surface area contributed by atoms with Gasteiger partial charge in [-0.15, -0.1) is 36.2 Å². The molecule has 0 radical (unpaired) electrons. The van der Waals surface area contributed by atoms with Crippen LogP contribution < -0.4 is 5.32 Å². The molecule has 6 heteroatoms. The molecule has 3 nitrogen and oxygen atoms in total. The molecule has 1 rings (SSSR count). The van der Waals surface area contributed by atoms with E-state index in [0.29, 0.717) is 0 Å². The maximum absolute atomic E-state index is 4.26. The minimum Gasteiger partial charge on any atom is -0.412 e. The minimum absolute atomic E-state index is 0. The lowest BCUT2D eigenvalue weighted by atomic mass is 10.5. The Kier molecular flexibility index (Phi) is 13.9. The third-order valence-corrected chi connectivity index (χ3v) is 1.85. The molecule has 0 bridgehead atoms. The van der Waals surface area contributed by atoms with Crippen LogP contribution in [0.25, 0.3) is 0 Å². The fourth-order valence-corrected chi connectivity index (χ4v) is 1.28. The van der Waals surface area contributed by atoms with Crippen LogP contribution in [0.1, 0.15) is 10.7 Å². The summed E-state index contributed by atoms with van der Waals surface area (Å²) >= 11 is 1.69. The summed E-state index contributed by atoms with van der Waals surface area (Å²) in [7, 11) is 1.93. The number of hydrogen-bond donors (Lipinski definition) is 1. The predicted octanol–water partition coefficient (Wildman–Crippen LogP) is 1.19. The summed E-state index contributed by atoms with van der Waals surface area (Å²) in [5.74, 6) is 0. The van der Waals surface area contributed by atoms with E-state index in [9.17, 15) is 0 Å². The monoisotopic (exact) mass is 232 g/mol. The Balaban J connectivity index is -0.000000270. The van der Waals surface area contributed by atoms with Gasteiger partial charge in [0.1, 0.15) is 0 Å². The number of aryl methyl sites for hydroxylation is 1. The fraction of sp³-hybridized carbons (Fsp3) is 0.500. The molecule has 0 aliphatic rings. The minimum atomic E-state index is 0. The molecule has 0 saturated heterocycles. The van der Waals surface area contributed by atoms with E-state index in [1.165, 1.54) is 0 Å². The molecule has 12 heavy (non-hydrogen) atoms. The van der Waals surface area contributed by atoms with E-state index in [1.807, 2.05) is 14.0 Å². The molecule has 1 heterocycles. The number of aromatic nitrogens is 1. The Morgan fingerprint density at radius 3 is 2.42 bits per heavy atom. The number of nitrogens with one attached hydrogen (secondary N) is 1. The van der Waals surface area contributed by atoms with E-state index in [1.54, 1.807) is 11.3 Å². The maximum atomic E-state index is 4.26. The van der Waals surface area contributed by atoms with Crippen LogP contribution in [0.2, 0.25) is 0 Å². The van der Waals surface area contributed by atoms with Crippen molar-refractivity contribution in [2.45, 2.75) is 13.5 Å². The molecule has 0 spiro atoms. The molecule has 0 saturated carbocycles. The highest BCUT2D eigenvalue weighted by molar-refractivity contribution is 7.09. The summed E-state index contributed by atoms with van der Waals surface area (Å²) in [5, 5.41) is 6.26. The number of hydrogen-bond acceptors (Lipinski definition) is 3. The largest absolute Gasteiger partial charge is 0.412 e. The van der Waals surface area contributed by atoms with Gasteiger partial charge in [-0.25, -0.2) is 4.98 Å². The molecular weight excluding hydrogens is 219 g/mol. The molecule has 0 aliphatic carbocycles. The molecule has 0 amide bonds. The van der Waals surface area contributed by atoms with E-state index in [2.05, 4.69) is 15.7 Å². The smallest absolute Gasteiger partial charge is 0.0897 e. The third kappa shape index (κ3) is 5.74. The van der Waals surface area contributed by atoms with Gasteiger partial charge in [-0.3, -0.25) is 0 Å². The lowest BCUT2D eigenvalue weighted by molar-refractivity contribution is 0.795. The van der Waals surface area contributed by atoms with Crippen LogP contribution in [0, 0.1) is 6.92 Å². The summed E-state index contributed by atoms with van der Waals surface area (Å²) in [6, 6.07) is 0. The average molecular weight is 233 g/mol. The third-order valence-electron chi connectivity index (χ3n) is 1.02. The van der Waals surface area contributed by atoms with Crippen LogP contribution in [0.15, 0.2) is 5.38 Å². The second kappa shape index (κ2) is 9.22. The quantitative estimate of drug-likeness (QED) is 0.834. The first kappa shape index (κ1) is 18.0. The zero-order valence-corrected chi connectivity index (χ0v) is 9.41. The fourth-order valence-electron chi connectivity index (χ4n) is 0.671. The van der Waals surface area contributed by atoms with E-state index < -0.39 is 0 Å². The first-order valence-corrected chi connectivity index (χ1v) is 3.76. The molecule has 74 valence electrons. The second-order valence-electron chi connectivity index (χ2n) is 1.89. The van der Waals surface area contributed by atoms with Crippen molar-refractivity contribution < 1.29 is 5.48 Å². The van der Waals surface area contributed by atoms with Crippen molar-refractivity contribution >= 4 is 36.2 Å². The van der Waals surface area contributed by atoms with Crippen molar-refractivity contribution in [3.63, 3.8) is 0 Å². The van der Waals surface area contributed by atoms with Crippen LogP contribution in [0.5, 0.6) is 0 Å². The molecule has 0 fully saturated rings. The molecule has 0 atom stereocenters. The van der Waals surface area contributed by atoms with E-state index in [-0.39, 0.29) is 30.3 Å². The zero-order valence-electron chi connectivity index (χ0n) is 6.96. The van der Waals surface area contributed by atoms with Gasteiger partial charge in [-0.2, -0.15) is 0 Å². The summed E-state index contributed by atoms with van der Waals surface area (Å²) in [6.45, 7) is 2.90. The van der Waals surface area contributed by atoms with Crippen molar-refractivity contribution in [2.24, 2.45) is 0 Å². The lowest BCUT2D eigenvalue weighted by Gasteiger charge is -1.89. The molecule has 0 aliphatic heterocycles. The highest BCUT2D eigenvalue weighted by Crippen LogP contribution is 2.06. The number of nitrogens with zero attached hydrogens (tertiary/aromatic N) is 1. The summed E-state index contributed by atoms with van der Waals surface area (Å²) in [6.07, 6.45) is 0. The van der Waals surface area contributed by atoms with Gasteiger partial charge < -0.3 is 10.8 Å². The second-order valence-corrected chi connectivity index (χ2v) is 2.95. The maximum Gasteiger partial charge on any atom is 0.0897 e. The van der Waals surface area contributed by atoms with Gasteiger partial charge in [0.05, 0.1) is 10.7 Å². The van der Waals surface area contributed by atoms with Gasteiger partial charge in [0.2, 0.25) is 0 Å². The van der Waals surface area contributed by atoms with E-state index in [0.717, 1.165) is 17.2 Å². The molecule has 1 aromatic rings. The first-order chi connectivity index (χ1) is 4.33. The summed E-state index contributed by atoms with van der Waals surface area (Å²) in [5.41, 5.74) is 1.14. The van der Waals surface area contributed by atoms with Gasteiger partial charge in [0.15, 0.2) is 0 Å². The van der Waals surface area contributed by atoms with Gasteiger partial charge in [0, 0.05) is 11.9 Å². The summed E-state index contributed by atoms with van der Waals surface area (Å²) in [4.78, 5) is 4.26. The van der Waals surface area contributed by atoms with E-state index >= 15 is 0 Å². The van der Waals surface area contributed by atoms with Crippen LogP contribution in [0.3, 0.4) is 0 Å². The first-order valence-electron chi connectivity index (χ1n) is 2.88. The molecule has 3 N–H and O–H groups in total. The normalized spacial score (nSPS) is 7.50. The van der Waals surface area contributed by atoms with Crippen LogP contribution in [-0.2, 0) is 6.54 Å². The van der Waals surface area contributed by atoms with Crippen LogP contribution in [0.4, 0.5) is 0 Å². The van der Waals surface area contributed by atoms with Crippen molar-refractivity contribution in [3.05, 3.63) is 16.1 Å². The van der Waals surface area contributed by atoms with Crippen LogP contribution >= 0.6 is 36.2 Å². The Labute approximate surface area is 88.7 Å². The van der Waals surface area contributed by atoms with Gasteiger partial charge in [-0.1, -0.05) is 0 Å². The Hall–Kier alpha value is 0.130. The SMILES string of the molecule is CNCc1csc(C)n1.Cl.Cl.O. The van der Waals surface area contributed by atoms with Crippen molar-refractivity contribution in [3.8, 4) is 0 Å². The predicted molar refractivity (Wildman–Crippen MR) is 57.7 cm³/mol. The number of rotatable bonds is 2. The Morgan fingerprint density at radius 1 is 1.50 bits per heavy atom. The average Bonchev–Trinajstić information content (AvgIpc) is 2.17. The topological polar surface area (TPSA) is 56.4 Å². The Morgan fingerprint density at radius 2 is 2.08 bits per heavy atom. The standard InChI is InChI=1S/C6H10N2S.2ClH.H2O/c1-5-8-6(3-7-2)4-9-5;;;/h4,7H,3H2,1-2H3;2*1H;1H2. The molecule has 1 aromatic heterocycles. The Bertz CT molecular complexity index is 195. The number of halogens is 2. The van der Waals surface area contributed by atoms with E-state index in [4.69, 9.17) is 0 Å². The van der Waals surface area contributed by atoms with Gasteiger partial charge in [-0.05, 0) is 14.0 Å². The van der Waals surface area contributed by atoms with Crippen molar-refractivity contribution in [1.29, 1.82) is 0 Å². The highest BCUT2D eigenvalue weighted by Gasteiger charge is 1.93. The zero-order chi connectivity index (χ0) is 6.69. The highest BCUT2D eigenvalue weighted by atomic mass is 35.5. The number of thiazole rings is 1.